The Morgan fingerprint density at radius 1 is 1.50 bits per heavy atom. The van der Waals surface area contributed by atoms with Crippen molar-refractivity contribution >= 4 is 11.6 Å². The van der Waals surface area contributed by atoms with Crippen LogP contribution in [0, 0.1) is 0 Å². The average molecular weight is 245 g/mol. The third-order valence-electron chi connectivity index (χ3n) is 2.97. The van der Waals surface area contributed by atoms with Crippen LogP contribution in [0.1, 0.15) is 24.5 Å². The summed E-state index contributed by atoms with van der Waals surface area (Å²) in [5.74, 6) is 1.55. The molecule has 2 N–H and O–H groups in total. The van der Waals surface area contributed by atoms with Crippen molar-refractivity contribution in [3.8, 4) is 0 Å². The SMILES string of the molecule is CC(c1cc(Cl)c(CN)o1)N1CCOCC1. The molecular weight excluding hydrogens is 228 g/mol. The second kappa shape index (κ2) is 5.19. The van der Waals surface area contributed by atoms with Crippen LogP contribution in [0.4, 0.5) is 0 Å². The molecule has 1 unspecified atom stereocenters. The fourth-order valence-corrected chi connectivity index (χ4v) is 2.14. The Morgan fingerprint density at radius 2 is 2.19 bits per heavy atom. The largest absolute Gasteiger partial charge is 0.461 e. The zero-order valence-corrected chi connectivity index (χ0v) is 10.2. The van der Waals surface area contributed by atoms with E-state index < -0.39 is 0 Å². The fraction of sp³-hybridized carbons (Fsp3) is 0.636. The van der Waals surface area contributed by atoms with E-state index in [0.29, 0.717) is 17.3 Å². The number of hydrogen-bond acceptors (Lipinski definition) is 4. The standard InChI is InChI=1S/C11H17ClN2O2/c1-8(14-2-4-15-5-3-14)10-6-9(12)11(7-13)16-10/h6,8H,2-5,7,13H2,1H3. The minimum atomic E-state index is 0.224. The summed E-state index contributed by atoms with van der Waals surface area (Å²) in [6.45, 7) is 5.87. The molecule has 0 radical (unpaired) electrons. The lowest BCUT2D eigenvalue weighted by Crippen LogP contribution is -2.37. The van der Waals surface area contributed by atoms with Gasteiger partial charge in [-0.05, 0) is 6.92 Å². The Bertz CT molecular complexity index is 348. The van der Waals surface area contributed by atoms with Crippen molar-refractivity contribution in [3.63, 3.8) is 0 Å². The number of nitrogens with two attached hydrogens (primary N) is 1. The first kappa shape index (κ1) is 11.9. The number of ether oxygens (including phenoxy) is 1. The highest BCUT2D eigenvalue weighted by Crippen LogP contribution is 2.28. The molecule has 4 nitrogen and oxygen atoms in total. The zero-order chi connectivity index (χ0) is 11.5. The van der Waals surface area contributed by atoms with E-state index in [0.717, 1.165) is 32.1 Å². The van der Waals surface area contributed by atoms with Gasteiger partial charge in [0.2, 0.25) is 0 Å². The summed E-state index contributed by atoms with van der Waals surface area (Å²) >= 11 is 6.01. The van der Waals surface area contributed by atoms with Gasteiger partial charge in [-0.25, -0.2) is 0 Å². The van der Waals surface area contributed by atoms with E-state index >= 15 is 0 Å². The van der Waals surface area contributed by atoms with E-state index in [1.165, 1.54) is 0 Å². The number of morpholine rings is 1. The molecule has 5 heteroatoms. The molecule has 1 saturated heterocycles. The molecule has 0 aromatic carbocycles. The maximum atomic E-state index is 6.01. The topological polar surface area (TPSA) is 51.6 Å². The molecule has 0 spiro atoms. The third kappa shape index (κ3) is 2.40. The minimum absolute atomic E-state index is 0.224. The van der Waals surface area contributed by atoms with Crippen LogP contribution in [0.3, 0.4) is 0 Å². The van der Waals surface area contributed by atoms with Crippen molar-refractivity contribution in [2.24, 2.45) is 5.73 Å². The first-order valence-electron chi connectivity index (χ1n) is 5.52. The van der Waals surface area contributed by atoms with Crippen molar-refractivity contribution in [1.29, 1.82) is 0 Å². The van der Waals surface area contributed by atoms with Gasteiger partial charge in [0.15, 0.2) is 0 Å². The highest BCUT2D eigenvalue weighted by Gasteiger charge is 2.22. The van der Waals surface area contributed by atoms with Crippen LogP contribution in [0.5, 0.6) is 0 Å². The van der Waals surface area contributed by atoms with E-state index in [1.54, 1.807) is 0 Å². The molecule has 0 amide bonds. The summed E-state index contributed by atoms with van der Waals surface area (Å²) in [6.07, 6.45) is 0. The van der Waals surface area contributed by atoms with Gasteiger partial charge in [0, 0.05) is 19.2 Å². The predicted molar refractivity (Wildman–Crippen MR) is 62.4 cm³/mol. The van der Waals surface area contributed by atoms with Gasteiger partial charge >= 0.3 is 0 Å². The second-order valence-electron chi connectivity index (χ2n) is 3.95. The summed E-state index contributed by atoms with van der Waals surface area (Å²) in [4.78, 5) is 2.32. The summed E-state index contributed by atoms with van der Waals surface area (Å²) < 4.78 is 11.0. The van der Waals surface area contributed by atoms with Crippen LogP contribution < -0.4 is 5.73 Å². The Hall–Kier alpha value is -0.550. The van der Waals surface area contributed by atoms with Crippen molar-refractivity contribution in [2.45, 2.75) is 19.5 Å². The number of halogens is 1. The van der Waals surface area contributed by atoms with Crippen LogP contribution in [0.25, 0.3) is 0 Å². The first-order valence-corrected chi connectivity index (χ1v) is 5.90. The Labute approximate surface area is 100 Å². The molecule has 1 fully saturated rings. The molecule has 2 rings (SSSR count). The van der Waals surface area contributed by atoms with E-state index in [1.807, 2.05) is 6.07 Å². The Kier molecular flexibility index (Phi) is 3.86. The van der Waals surface area contributed by atoms with E-state index in [4.69, 9.17) is 26.5 Å². The lowest BCUT2D eigenvalue weighted by molar-refractivity contribution is 0.0155. The number of furan rings is 1. The van der Waals surface area contributed by atoms with Crippen molar-refractivity contribution < 1.29 is 9.15 Å². The van der Waals surface area contributed by atoms with Gasteiger partial charge < -0.3 is 14.9 Å². The molecule has 0 bridgehead atoms. The molecule has 1 aliphatic heterocycles. The first-order chi connectivity index (χ1) is 7.72. The molecule has 1 aliphatic rings. The number of hydrogen-bond donors (Lipinski definition) is 1. The fourth-order valence-electron chi connectivity index (χ4n) is 1.92. The maximum absolute atomic E-state index is 6.01. The molecular formula is C11H17ClN2O2. The molecule has 0 aliphatic carbocycles. The Morgan fingerprint density at radius 3 is 2.75 bits per heavy atom. The molecule has 0 saturated carbocycles. The molecule has 1 aromatic heterocycles. The van der Waals surface area contributed by atoms with Crippen molar-refractivity contribution in [1.82, 2.24) is 4.90 Å². The maximum Gasteiger partial charge on any atom is 0.136 e. The minimum Gasteiger partial charge on any atom is -0.461 e. The van der Waals surface area contributed by atoms with Crippen molar-refractivity contribution in [2.75, 3.05) is 26.3 Å². The molecule has 16 heavy (non-hydrogen) atoms. The lowest BCUT2D eigenvalue weighted by Gasteiger charge is -2.31. The molecule has 1 atom stereocenters. The zero-order valence-electron chi connectivity index (χ0n) is 9.41. The number of nitrogens with zero attached hydrogens (tertiary/aromatic N) is 1. The van der Waals surface area contributed by atoms with Gasteiger partial charge in [0.25, 0.3) is 0 Å². The highest BCUT2D eigenvalue weighted by atomic mass is 35.5. The monoisotopic (exact) mass is 244 g/mol. The quantitative estimate of drug-likeness (QED) is 0.881. The van der Waals surface area contributed by atoms with Gasteiger partial charge in [-0.1, -0.05) is 11.6 Å². The predicted octanol–water partition coefficient (Wildman–Crippen LogP) is 1.78. The van der Waals surface area contributed by atoms with E-state index in [9.17, 15) is 0 Å². The van der Waals surface area contributed by atoms with Gasteiger partial charge in [0.1, 0.15) is 11.5 Å². The van der Waals surface area contributed by atoms with Crippen LogP contribution in [-0.4, -0.2) is 31.2 Å². The lowest BCUT2D eigenvalue weighted by atomic mass is 10.2. The number of rotatable bonds is 3. The summed E-state index contributed by atoms with van der Waals surface area (Å²) in [5.41, 5.74) is 5.53. The third-order valence-corrected chi connectivity index (χ3v) is 3.29. The van der Waals surface area contributed by atoms with Gasteiger partial charge in [-0.15, -0.1) is 0 Å². The van der Waals surface area contributed by atoms with Gasteiger partial charge in [0.05, 0.1) is 30.8 Å². The van der Waals surface area contributed by atoms with Crippen LogP contribution in [0.2, 0.25) is 5.02 Å². The van der Waals surface area contributed by atoms with Gasteiger partial charge in [-0.2, -0.15) is 0 Å². The smallest absolute Gasteiger partial charge is 0.136 e. The summed E-state index contributed by atoms with van der Waals surface area (Å²) in [7, 11) is 0. The van der Waals surface area contributed by atoms with Crippen LogP contribution in [0.15, 0.2) is 10.5 Å². The van der Waals surface area contributed by atoms with Crippen LogP contribution in [-0.2, 0) is 11.3 Å². The molecule has 2 heterocycles. The normalized spacial score (nSPS) is 19.9. The highest BCUT2D eigenvalue weighted by molar-refractivity contribution is 6.31. The van der Waals surface area contributed by atoms with Gasteiger partial charge in [-0.3, -0.25) is 4.90 Å². The molecule has 90 valence electrons. The average Bonchev–Trinajstić information content (AvgIpc) is 2.71. The molecule has 1 aromatic rings. The Balaban J connectivity index is 2.09. The van der Waals surface area contributed by atoms with E-state index in [-0.39, 0.29) is 6.04 Å². The van der Waals surface area contributed by atoms with Crippen molar-refractivity contribution in [3.05, 3.63) is 22.6 Å². The summed E-state index contributed by atoms with van der Waals surface area (Å²) in [6, 6.07) is 2.09. The summed E-state index contributed by atoms with van der Waals surface area (Å²) in [5, 5.41) is 0.623. The second-order valence-corrected chi connectivity index (χ2v) is 4.36. The van der Waals surface area contributed by atoms with Crippen LogP contribution >= 0.6 is 11.6 Å². The van der Waals surface area contributed by atoms with E-state index in [2.05, 4.69) is 11.8 Å².